The van der Waals surface area contributed by atoms with Crippen molar-refractivity contribution >= 4 is 11.6 Å². The summed E-state index contributed by atoms with van der Waals surface area (Å²) in [7, 11) is 0. The molecule has 3 rings (SSSR count). The van der Waals surface area contributed by atoms with Crippen LogP contribution in [0.15, 0.2) is 48.5 Å². The number of amides is 1. The highest BCUT2D eigenvalue weighted by atomic mass is 19.1. The van der Waals surface area contributed by atoms with Crippen LogP contribution in [0, 0.1) is 17.1 Å². The molecule has 0 saturated carbocycles. The first-order valence-corrected chi connectivity index (χ1v) is 8.03. The van der Waals surface area contributed by atoms with Crippen molar-refractivity contribution < 1.29 is 13.9 Å². The first-order valence-electron chi connectivity index (χ1n) is 8.03. The number of hydrogen-bond acceptors (Lipinski definition) is 4. The molecule has 1 heterocycles. The Hall–Kier alpha value is -2.75. The van der Waals surface area contributed by atoms with Crippen LogP contribution in [-0.2, 0) is 9.53 Å². The van der Waals surface area contributed by atoms with E-state index in [2.05, 4.69) is 5.32 Å². The molecule has 0 radical (unpaired) electrons. The average molecular weight is 339 g/mol. The number of morpholine rings is 1. The van der Waals surface area contributed by atoms with Gasteiger partial charge in [0.2, 0.25) is 5.91 Å². The van der Waals surface area contributed by atoms with E-state index in [9.17, 15) is 9.18 Å². The van der Waals surface area contributed by atoms with Crippen molar-refractivity contribution in [3.63, 3.8) is 0 Å². The molecule has 6 heteroatoms. The van der Waals surface area contributed by atoms with Crippen molar-refractivity contribution in [2.75, 3.05) is 31.6 Å². The Balaban J connectivity index is 1.57. The third-order valence-electron chi connectivity index (χ3n) is 4.04. The van der Waals surface area contributed by atoms with Gasteiger partial charge in [-0.2, -0.15) is 5.26 Å². The molecule has 2 aromatic rings. The van der Waals surface area contributed by atoms with Gasteiger partial charge < -0.3 is 10.1 Å². The fourth-order valence-corrected chi connectivity index (χ4v) is 2.80. The van der Waals surface area contributed by atoms with Gasteiger partial charge in [-0.3, -0.25) is 9.69 Å². The summed E-state index contributed by atoms with van der Waals surface area (Å²) in [6.45, 7) is 1.97. The van der Waals surface area contributed by atoms with E-state index in [0.717, 1.165) is 5.56 Å². The maximum absolute atomic E-state index is 13.0. The van der Waals surface area contributed by atoms with Gasteiger partial charge in [-0.25, -0.2) is 4.39 Å². The summed E-state index contributed by atoms with van der Waals surface area (Å²) in [5.74, 6) is -0.426. The Kier molecular flexibility index (Phi) is 5.39. The maximum atomic E-state index is 13.0. The molecule has 1 saturated heterocycles. The van der Waals surface area contributed by atoms with E-state index in [4.69, 9.17) is 10.00 Å². The smallest absolute Gasteiger partial charge is 0.238 e. The van der Waals surface area contributed by atoms with Crippen molar-refractivity contribution in [1.82, 2.24) is 4.90 Å². The zero-order chi connectivity index (χ0) is 17.6. The predicted molar refractivity (Wildman–Crippen MR) is 91.3 cm³/mol. The van der Waals surface area contributed by atoms with Gasteiger partial charge >= 0.3 is 0 Å². The summed E-state index contributed by atoms with van der Waals surface area (Å²) >= 11 is 0. The van der Waals surface area contributed by atoms with Crippen molar-refractivity contribution in [3.05, 3.63) is 65.5 Å². The molecule has 0 spiro atoms. The lowest BCUT2D eigenvalue weighted by Gasteiger charge is -2.32. The van der Waals surface area contributed by atoms with Crippen LogP contribution < -0.4 is 5.32 Å². The van der Waals surface area contributed by atoms with Gasteiger partial charge in [-0.05, 0) is 35.9 Å². The summed E-state index contributed by atoms with van der Waals surface area (Å²) in [5, 5.41) is 11.7. The molecule has 128 valence electrons. The summed E-state index contributed by atoms with van der Waals surface area (Å²) in [6, 6.07) is 15.1. The number of anilines is 1. The Labute approximate surface area is 145 Å². The number of hydrogen-bond donors (Lipinski definition) is 1. The number of nitrogens with one attached hydrogen (secondary N) is 1. The van der Waals surface area contributed by atoms with Crippen molar-refractivity contribution in [1.29, 1.82) is 5.26 Å². The zero-order valence-corrected chi connectivity index (χ0v) is 13.6. The number of carbonyl (C=O) groups excluding carboxylic acids is 1. The van der Waals surface area contributed by atoms with Crippen LogP contribution in [0.2, 0.25) is 0 Å². The lowest BCUT2D eigenvalue weighted by atomic mass is 10.1. The number of benzene rings is 2. The first kappa shape index (κ1) is 17.1. The van der Waals surface area contributed by atoms with Gasteiger partial charge in [-0.15, -0.1) is 0 Å². The summed E-state index contributed by atoms with van der Waals surface area (Å²) in [6.07, 6.45) is -0.177. The molecule has 1 amide bonds. The Morgan fingerprint density at radius 2 is 2.12 bits per heavy atom. The van der Waals surface area contributed by atoms with E-state index >= 15 is 0 Å². The average Bonchev–Trinajstić information content (AvgIpc) is 2.62. The number of rotatable bonds is 4. The van der Waals surface area contributed by atoms with E-state index in [1.165, 1.54) is 12.1 Å². The standard InChI is InChI=1S/C19H18FN3O2/c20-16-6-4-15(5-7-16)18-12-23(8-9-25-18)13-19(24)22-17-3-1-2-14(10-17)11-21/h1-7,10,18H,8-9,12-13H2,(H,22,24). The second kappa shape index (κ2) is 7.88. The molecule has 1 aliphatic rings. The highest BCUT2D eigenvalue weighted by Crippen LogP contribution is 2.22. The van der Waals surface area contributed by atoms with E-state index in [1.54, 1.807) is 36.4 Å². The minimum Gasteiger partial charge on any atom is -0.371 e. The minimum atomic E-state index is -0.282. The highest BCUT2D eigenvalue weighted by molar-refractivity contribution is 5.92. The molecule has 0 aromatic heterocycles. The third-order valence-corrected chi connectivity index (χ3v) is 4.04. The van der Waals surface area contributed by atoms with Gasteiger partial charge in [0, 0.05) is 18.8 Å². The topological polar surface area (TPSA) is 65.4 Å². The molecule has 5 nitrogen and oxygen atoms in total. The molecule has 1 aliphatic heterocycles. The molecule has 1 atom stereocenters. The van der Waals surface area contributed by atoms with Crippen LogP contribution in [0.5, 0.6) is 0 Å². The van der Waals surface area contributed by atoms with Crippen LogP contribution in [-0.4, -0.2) is 37.0 Å². The maximum Gasteiger partial charge on any atom is 0.238 e. The fraction of sp³-hybridized carbons (Fsp3) is 0.263. The van der Waals surface area contributed by atoms with E-state index in [1.807, 2.05) is 11.0 Å². The van der Waals surface area contributed by atoms with Gasteiger partial charge in [0.1, 0.15) is 5.82 Å². The lowest BCUT2D eigenvalue weighted by Crippen LogP contribution is -2.42. The van der Waals surface area contributed by atoms with E-state index in [0.29, 0.717) is 30.9 Å². The van der Waals surface area contributed by atoms with Crippen molar-refractivity contribution in [3.8, 4) is 6.07 Å². The summed E-state index contributed by atoms with van der Waals surface area (Å²) in [4.78, 5) is 14.2. The van der Waals surface area contributed by atoms with E-state index in [-0.39, 0.29) is 24.4 Å². The molecular weight excluding hydrogens is 321 g/mol. The zero-order valence-electron chi connectivity index (χ0n) is 13.6. The summed E-state index contributed by atoms with van der Waals surface area (Å²) < 4.78 is 18.8. The predicted octanol–water partition coefficient (Wildman–Crippen LogP) is 2.71. The molecule has 0 bridgehead atoms. The van der Waals surface area contributed by atoms with Crippen LogP contribution in [0.1, 0.15) is 17.2 Å². The van der Waals surface area contributed by atoms with Gasteiger partial charge in [0.15, 0.2) is 0 Å². The molecule has 2 aromatic carbocycles. The number of halogens is 1. The van der Waals surface area contributed by atoms with Gasteiger partial charge in [0.25, 0.3) is 0 Å². The van der Waals surface area contributed by atoms with Crippen LogP contribution in [0.4, 0.5) is 10.1 Å². The molecular formula is C19H18FN3O2. The molecule has 1 unspecified atom stereocenters. The van der Waals surface area contributed by atoms with Gasteiger partial charge in [0.05, 0.1) is 30.9 Å². The van der Waals surface area contributed by atoms with Crippen LogP contribution in [0.3, 0.4) is 0 Å². The second-order valence-corrected chi connectivity index (χ2v) is 5.89. The number of ether oxygens (including phenoxy) is 1. The van der Waals surface area contributed by atoms with Crippen LogP contribution in [0.25, 0.3) is 0 Å². The largest absolute Gasteiger partial charge is 0.371 e. The first-order chi connectivity index (χ1) is 12.1. The molecule has 1 fully saturated rings. The number of carbonyl (C=O) groups is 1. The van der Waals surface area contributed by atoms with Crippen molar-refractivity contribution in [2.24, 2.45) is 0 Å². The third kappa shape index (κ3) is 4.63. The molecule has 0 aliphatic carbocycles. The van der Waals surface area contributed by atoms with E-state index < -0.39 is 0 Å². The monoisotopic (exact) mass is 339 g/mol. The van der Waals surface area contributed by atoms with Crippen LogP contribution >= 0.6 is 0 Å². The normalized spacial score (nSPS) is 17.7. The summed E-state index contributed by atoms with van der Waals surface area (Å²) in [5.41, 5.74) is 2.00. The Morgan fingerprint density at radius 1 is 1.32 bits per heavy atom. The van der Waals surface area contributed by atoms with Crippen molar-refractivity contribution in [2.45, 2.75) is 6.10 Å². The highest BCUT2D eigenvalue weighted by Gasteiger charge is 2.23. The molecule has 25 heavy (non-hydrogen) atoms. The SMILES string of the molecule is N#Cc1cccc(NC(=O)CN2CCOC(c3ccc(F)cc3)C2)c1. The minimum absolute atomic E-state index is 0.144. The number of nitriles is 1. The fourth-order valence-electron chi connectivity index (χ4n) is 2.80. The number of nitrogens with zero attached hydrogens (tertiary/aromatic N) is 2. The second-order valence-electron chi connectivity index (χ2n) is 5.89. The Bertz CT molecular complexity index is 786. The molecule has 1 N–H and O–H groups in total. The van der Waals surface area contributed by atoms with Gasteiger partial charge in [-0.1, -0.05) is 18.2 Å². The lowest BCUT2D eigenvalue weighted by molar-refractivity contribution is -0.119. The quantitative estimate of drug-likeness (QED) is 0.930. The Morgan fingerprint density at radius 3 is 2.88 bits per heavy atom.